The molecule has 4 rings (SSSR count). The number of para-hydroxylation sites is 1. The van der Waals surface area contributed by atoms with Crippen molar-refractivity contribution in [3.05, 3.63) is 65.4 Å². The van der Waals surface area contributed by atoms with E-state index in [9.17, 15) is 4.79 Å². The number of pyridine rings is 1. The molecule has 2 aromatic heterocycles. The topological polar surface area (TPSA) is 46.1 Å². The van der Waals surface area contributed by atoms with Crippen molar-refractivity contribution < 1.29 is 4.79 Å². The maximum absolute atomic E-state index is 12.9. The lowest BCUT2D eigenvalue weighted by atomic mass is 10.0. The van der Waals surface area contributed by atoms with Crippen LogP contribution in [0.3, 0.4) is 0 Å². The molecule has 0 spiro atoms. The predicted molar refractivity (Wildman–Crippen MR) is 91.8 cm³/mol. The van der Waals surface area contributed by atoms with Gasteiger partial charge in [-0.3, -0.25) is 9.78 Å². The molecule has 0 bridgehead atoms. The molecule has 0 atom stereocenters. The smallest absolute Gasteiger partial charge is 0.277 e. The minimum Gasteiger partial charge on any atom is -0.307 e. The van der Waals surface area contributed by atoms with Crippen molar-refractivity contribution in [3.8, 4) is 10.6 Å². The van der Waals surface area contributed by atoms with E-state index in [1.165, 1.54) is 16.9 Å². The summed E-state index contributed by atoms with van der Waals surface area (Å²) in [5.74, 6) is -0.0197. The normalized spacial score (nSPS) is 13.7. The second-order valence-electron chi connectivity index (χ2n) is 5.46. The van der Waals surface area contributed by atoms with Gasteiger partial charge in [-0.2, -0.15) is 0 Å². The van der Waals surface area contributed by atoms with Crippen molar-refractivity contribution in [1.29, 1.82) is 0 Å². The molecule has 23 heavy (non-hydrogen) atoms. The van der Waals surface area contributed by atoms with Gasteiger partial charge in [-0.1, -0.05) is 18.2 Å². The van der Waals surface area contributed by atoms with Crippen molar-refractivity contribution in [2.45, 2.75) is 12.8 Å². The molecule has 0 fully saturated rings. The lowest BCUT2D eigenvalue weighted by Gasteiger charge is -2.28. The van der Waals surface area contributed by atoms with Crippen LogP contribution in [0.1, 0.15) is 22.5 Å². The zero-order valence-electron chi connectivity index (χ0n) is 12.5. The molecule has 0 unspecified atom stereocenters. The lowest BCUT2D eigenvalue weighted by molar-refractivity contribution is 0.0981. The average Bonchev–Trinajstić information content (AvgIpc) is 3.11. The van der Waals surface area contributed by atoms with E-state index in [4.69, 9.17) is 0 Å². The van der Waals surface area contributed by atoms with Gasteiger partial charge < -0.3 is 4.90 Å². The number of aryl methyl sites for hydroxylation is 1. The zero-order valence-corrected chi connectivity index (χ0v) is 13.3. The molecule has 0 N–H and O–H groups in total. The Hall–Kier alpha value is -2.53. The third-order valence-electron chi connectivity index (χ3n) is 4.01. The number of aromatic nitrogens is 2. The van der Waals surface area contributed by atoms with Gasteiger partial charge in [-0.25, -0.2) is 4.98 Å². The number of rotatable bonds is 2. The number of carbonyl (C=O) groups excluding carboxylic acids is 1. The highest BCUT2D eigenvalue weighted by Crippen LogP contribution is 2.29. The maximum atomic E-state index is 12.9. The number of hydrogen-bond acceptors (Lipinski definition) is 4. The highest BCUT2D eigenvalue weighted by Gasteiger charge is 2.25. The minimum absolute atomic E-state index is 0.0197. The molecule has 1 amide bonds. The lowest BCUT2D eigenvalue weighted by Crippen LogP contribution is -2.35. The Labute approximate surface area is 138 Å². The maximum Gasteiger partial charge on any atom is 0.277 e. The molecule has 4 nitrogen and oxygen atoms in total. The van der Waals surface area contributed by atoms with Crippen LogP contribution in [-0.2, 0) is 6.42 Å². The van der Waals surface area contributed by atoms with E-state index in [1.54, 1.807) is 12.4 Å². The fraction of sp³-hybridized carbons (Fsp3) is 0.167. The predicted octanol–water partition coefficient (Wildman–Crippen LogP) is 3.80. The highest BCUT2D eigenvalue weighted by molar-refractivity contribution is 7.13. The van der Waals surface area contributed by atoms with Gasteiger partial charge in [0.1, 0.15) is 10.7 Å². The fourth-order valence-electron chi connectivity index (χ4n) is 2.88. The van der Waals surface area contributed by atoms with Gasteiger partial charge in [0.15, 0.2) is 0 Å². The van der Waals surface area contributed by atoms with E-state index >= 15 is 0 Å². The van der Waals surface area contributed by atoms with Crippen molar-refractivity contribution in [2.24, 2.45) is 0 Å². The number of carbonyl (C=O) groups is 1. The Morgan fingerprint density at radius 2 is 1.96 bits per heavy atom. The summed E-state index contributed by atoms with van der Waals surface area (Å²) in [7, 11) is 0. The number of thiazole rings is 1. The van der Waals surface area contributed by atoms with Gasteiger partial charge in [-0.15, -0.1) is 11.3 Å². The summed E-state index contributed by atoms with van der Waals surface area (Å²) in [6, 6.07) is 11.9. The van der Waals surface area contributed by atoms with Crippen LogP contribution in [-0.4, -0.2) is 22.4 Å². The molecule has 1 aromatic carbocycles. The second kappa shape index (κ2) is 5.93. The quantitative estimate of drug-likeness (QED) is 0.721. The summed E-state index contributed by atoms with van der Waals surface area (Å²) in [4.78, 5) is 23.3. The Bertz CT molecular complexity index is 844. The van der Waals surface area contributed by atoms with Gasteiger partial charge in [0, 0.05) is 35.6 Å². The van der Waals surface area contributed by atoms with Crippen LogP contribution >= 0.6 is 11.3 Å². The molecule has 3 heterocycles. The van der Waals surface area contributed by atoms with E-state index in [0.717, 1.165) is 35.6 Å². The molecular weight excluding hydrogens is 306 g/mol. The molecule has 0 aliphatic carbocycles. The van der Waals surface area contributed by atoms with Gasteiger partial charge >= 0.3 is 0 Å². The highest BCUT2D eigenvalue weighted by atomic mass is 32.1. The third-order valence-corrected chi connectivity index (χ3v) is 4.90. The monoisotopic (exact) mass is 321 g/mol. The summed E-state index contributed by atoms with van der Waals surface area (Å²) in [6.45, 7) is 0.748. The molecule has 1 aliphatic rings. The van der Waals surface area contributed by atoms with E-state index < -0.39 is 0 Å². The third kappa shape index (κ3) is 2.64. The molecule has 1 aliphatic heterocycles. The van der Waals surface area contributed by atoms with E-state index in [1.807, 2.05) is 40.6 Å². The Kier molecular flexibility index (Phi) is 3.63. The Balaban J connectivity index is 1.65. The summed E-state index contributed by atoms with van der Waals surface area (Å²) in [5, 5.41) is 2.69. The first-order chi connectivity index (χ1) is 11.3. The number of amides is 1. The van der Waals surface area contributed by atoms with Crippen LogP contribution in [0.4, 0.5) is 5.69 Å². The standard InChI is InChI=1S/C18H15N3OS/c22-18(21-11-3-5-13-4-1-2-6-16(13)21)15-12-23-17(20-15)14-7-9-19-10-8-14/h1-2,4,6-10,12H,3,5,11H2. The van der Waals surface area contributed by atoms with Crippen molar-refractivity contribution in [3.63, 3.8) is 0 Å². The minimum atomic E-state index is -0.0197. The molecular formula is C18H15N3OS. The SMILES string of the molecule is O=C(c1csc(-c2ccncc2)n1)N1CCCc2ccccc21. The van der Waals surface area contributed by atoms with Gasteiger partial charge in [-0.05, 0) is 36.6 Å². The van der Waals surface area contributed by atoms with Crippen LogP contribution in [0.25, 0.3) is 10.6 Å². The first kappa shape index (κ1) is 14.1. The first-order valence-corrected chi connectivity index (χ1v) is 8.46. The Morgan fingerprint density at radius 3 is 2.83 bits per heavy atom. The van der Waals surface area contributed by atoms with Crippen molar-refractivity contribution >= 4 is 22.9 Å². The largest absolute Gasteiger partial charge is 0.307 e. The van der Waals surface area contributed by atoms with Gasteiger partial charge in [0.05, 0.1) is 0 Å². The number of fused-ring (bicyclic) bond motifs is 1. The molecule has 114 valence electrons. The number of nitrogens with zero attached hydrogens (tertiary/aromatic N) is 3. The van der Waals surface area contributed by atoms with Crippen LogP contribution in [0.2, 0.25) is 0 Å². The van der Waals surface area contributed by atoms with E-state index in [-0.39, 0.29) is 5.91 Å². The molecule has 5 heteroatoms. The first-order valence-electron chi connectivity index (χ1n) is 7.58. The van der Waals surface area contributed by atoms with Crippen LogP contribution < -0.4 is 4.90 Å². The molecule has 0 saturated carbocycles. The second-order valence-corrected chi connectivity index (χ2v) is 6.32. The van der Waals surface area contributed by atoms with Crippen LogP contribution in [0.15, 0.2) is 54.2 Å². The van der Waals surface area contributed by atoms with Crippen LogP contribution in [0.5, 0.6) is 0 Å². The molecule has 3 aromatic rings. The zero-order chi connectivity index (χ0) is 15.6. The summed E-state index contributed by atoms with van der Waals surface area (Å²) < 4.78 is 0. The van der Waals surface area contributed by atoms with Crippen LogP contribution in [0, 0.1) is 0 Å². The molecule has 0 radical (unpaired) electrons. The van der Waals surface area contributed by atoms with Crippen molar-refractivity contribution in [1.82, 2.24) is 9.97 Å². The van der Waals surface area contributed by atoms with E-state index in [2.05, 4.69) is 16.0 Å². The summed E-state index contributed by atoms with van der Waals surface area (Å²) in [6.07, 6.45) is 5.49. The number of anilines is 1. The fourth-order valence-corrected chi connectivity index (χ4v) is 3.68. The van der Waals surface area contributed by atoms with E-state index in [0.29, 0.717) is 5.69 Å². The van der Waals surface area contributed by atoms with Crippen molar-refractivity contribution in [2.75, 3.05) is 11.4 Å². The average molecular weight is 321 g/mol. The Morgan fingerprint density at radius 1 is 1.13 bits per heavy atom. The summed E-state index contributed by atoms with van der Waals surface area (Å²) >= 11 is 1.49. The van der Waals surface area contributed by atoms with Gasteiger partial charge in [0.2, 0.25) is 0 Å². The van der Waals surface area contributed by atoms with Gasteiger partial charge in [0.25, 0.3) is 5.91 Å². The number of benzene rings is 1. The summed E-state index contributed by atoms with van der Waals surface area (Å²) in [5.41, 5.74) is 3.75. The molecule has 0 saturated heterocycles. The number of hydrogen-bond donors (Lipinski definition) is 0.